The van der Waals surface area contributed by atoms with E-state index in [0.717, 1.165) is 0 Å². The molecule has 4 rings (SSSR count). The lowest BCUT2D eigenvalue weighted by atomic mass is 10.1. The summed E-state index contributed by atoms with van der Waals surface area (Å²) in [5.74, 6) is 0. The first-order chi connectivity index (χ1) is 9.08. The predicted octanol–water partition coefficient (Wildman–Crippen LogP) is 0.242. The Morgan fingerprint density at radius 3 is 2.11 bits per heavy atom. The summed E-state index contributed by atoms with van der Waals surface area (Å²) in [5.41, 5.74) is -3.60. The lowest BCUT2D eigenvalue weighted by Gasteiger charge is -1.87. The Kier molecular flexibility index (Phi) is 1.52. The molecule has 0 spiro atoms. The van der Waals surface area contributed by atoms with Crippen molar-refractivity contribution in [3.63, 3.8) is 0 Å². The molecule has 0 saturated heterocycles. The highest BCUT2D eigenvalue weighted by atomic mass is 16.5. The molecular formula is C12H2O7. The molecule has 0 aliphatic carbocycles. The summed E-state index contributed by atoms with van der Waals surface area (Å²) in [5, 5.41) is -0.0879. The fourth-order valence-corrected chi connectivity index (χ4v) is 2.28. The molecule has 92 valence electrons. The second-order valence-corrected chi connectivity index (χ2v) is 4.02. The van der Waals surface area contributed by atoms with Gasteiger partial charge < -0.3 is 13.3 Å². The van der Waals surface area contributed by atoms with Crippen LogP contribution in [0.15, 0.2) is 44.6 Å². The monoisotopic (exact) mass is 258 g/mol. The molecule has 0 radical (unpaired) electrons. The summed E-state index contributed by atoms with van der Waals surface area (Å²) in [7, 11) is 0. The van der Waals surface area contributed by atoms with Gasteiger partial charge in [0.25, 0.3) is 0 Å². The number of rotatable bonds is 0. The van der Waals surface area contributed by atoms with Crippen LogP contribution in [-0.2, 0) is 0 Å². The Morgan fingerprint density at radius 2 is 1.32 bits per heavy atom. The zero-order valence-corrected chi connectivity index (χ0v) is 9.01. The van der Waals surface area contributed by atoms with Crippen molar-refractivity contribution >= 4 is 32.7 Å². The van der Waals surface area contributed by atoms with Crippen molar-refractivity contribution in [3.05, 3.63) is 53.8 Å². The fraction of sp³-hybridized carbons (Fsp3) is 0. The average molecular weight is 258 g/mol. The molecule has 0 amide bonds. The van der Waals surface area contributed by atoms with E-state index < -0.39 is 22.5 Å². The predicted molar refractivity (Wildman–Crippen MR) is 63.2 cm³/mol. The fourth-order valence-electron chi connectivity index (χ4n) is 2.28. The van der Waals surface area contributed by atoms with Crippen molar-refractivity contribution in [3.8, 4) is 0 Å². The van der Waals surface area contributed by atoms with Crippen LogP contribution in [0.4, 0.5) is 0 Å². The van der Waals surface area contributed by atoms with Crippen molar-refractivity contribution in [2.45, 2.75) is 0 Å². The first kappa shape index (κ1) is 10.0. The van der Waals surface area contributed by atoms with E-state index in [2.05, 4.69) is 8.83 Å². The molecule has 1 aromatic carbocycles. The molecule has 0 N–H and O–H groups in total. The summed E-state index contributed by atoms with van der Waals surface area (Å²) >= 11 is 0. The Bertz CT molecular complexity index is 1170. The van der Waals surface area contributed by atoms with E-state index in [9.17, 15) is 19.2 Å². The molecule has 0 fully saturated rings. The number of benzene rings is 1. The van der Waals surface area contributed by atoms with Gasteiger partial charge in [0.2, 0.25) is 5.58 Å². The van der Waals surface area contributed by atoms with E-state index in [1.165, 1.54) is 12.1 Å². The number of hydrogen-bond acceptors (Lipinski definition) is 7. The van der Waals surface area contributed by atoms with Gasteiger partial charge in [-0.1, -0.05) is 0 Å². The molecule has 4 aromatic rings. The van der Waals surface area contributed by atoms with E-state index in [4.69, 9.17) is 4.42 Å². The molecule has 3 aromatic heterocycles. The third-order valence-corrected chi connectivity index (χ3v) is 3.04. The van der Waals surface area contributed by atoms with Crippen LogP contribution >= 0.6 is 0 Å². The van der Waals surface area contributed by atoms with E-state index in [0.29, 0.717) is 0 Å². The van der Waals surface area contributed by atoms with Crippen LogP contribution in [0.5, 0.6) is 0 Å². The largest absolute Gasteiger partial charge is 0.448 e. The highest BCUT2D eigenvalue weighted by Gasteiger charge is 2.23. The third kappa shape index (κ3) is 1.02. The lowest BCUT2D eigenvalue weighted by molar-refractivity contribution is 0.490. The van der Waals surface area contributed by atoms with Crippen LogP contribution in [0, 0.1) is 0 Å². The molecule has 0 aliphatic heterocycles. The molecule has 7 nitrogen and oxygen atoms in total. The highest BCUT2D eigenvalue weighted by Crippen LogP contribution is 2.29. The number of furan rings is 3. The maximum atomic E-state index is 11.7. The first-order valence-corrected chi connectivity index (χ1v) is 5.20. The smallest absolute Gasteiger partial charge is 0.383 e. The Morgan fingerprint density at radius 1 is 0.632 bits per heavy atom. The second-order valence-electron chi connectivity index (χ2n) is 4.02. The van der Waals surface area contributed by atoms with Crippen molar-refractivity contribution in [1.29, 1.82) is 0 Å². The SMILES string of the molecule is O=c1oc(=O)c2c1ccc1oc3c(=O)oc(=O)c3c12. The third-order valence-electron chi connectivity index (χ3n) is 3.04. The topological polar surface area (TPSA) is 108 Å². The number of hydrogen-bond donors (Lipinski definition) is 0. The van der Waals surface area contributed by atoms with Gasteiger partial charge >= 0.3 is 22.5 Å². The van der Waals surface area contributed by atoms with E-state index in [-0.39, 0.29) is 32.7 Å². The van der Waals surface area contributed by atoms with Crippen molar-refractivity contribution in [1.82, 2.24) is 0 Å². The standard InChI is InChI=1S/C12H2O7/c13-9-3-1-2-4-6(5(3)10(14)18-9)7-8(17-4)12(16)19-11(7)15/h1-2H. The molecular weight excluding hydrogens is 256 g/mol. The minimum Gasteiger partial charge on any atom is -0.448 e. The Labute approximate surface area is 101 Å². The van der Waals surface area contributed by atoms with E-state index in [1.807, 2.05) is 0 Å². The maximum Gasteiger partial charge on any atom is 0.383 e. The van der Waals surface area contributed by atoms with Crippen molar-refractivity contribution < 1.29 is 13.3 Å². The summed E-state index contributed by atoms with van der Waals surface area (Å²) in [4.78, 5) is 46.1. The minimum absolute atomic E-state index is 0.0354. The van der Waals surface area contributed by atoms with Crippen LogP contribution in [0.3, 0.4) is 0 Å². The molecule has 0 atom stereocenters. The molecule has 0 unspecified atom stereocenters. The van der Waals surface area contributed by atoms with Crippen LogP contribution in [0.2, 0.25) is 0 Å². The molecule has 0 saturated carbocycles. The minimum atomic E-state index is -0.914. The van der Waals surface area contributed by atoms with Gasteiger partial charge in [0.1, 0.15) is 11.0 Å². The van der Waals surface area contributed by atoms with Gasteiger partial charge in [-0.05, 0) is 12.1 Å². The van der Waals surface area contributed by atoms with Gasteiger partial charge in [-0.3, -0.25) is 0 Å². The number of fused-ring (bicyclic) bond motifs is 5. The van der Waals surface area contributed by atoms with E-state index in [1.54, 1.807) is 0 Å². The Balaban J connectivity index is 2.57. The highest BCUT2D eigenvalue weighted by molar-refractivity contribution is 6.17. The summed E-state index contributed by atoms with van der Waals surface area (Å²) in [6.07, 6.45) is 0. The van der Waals surface area contributed by atoms with Crippen LogP contribution in [-0.4, -0.2) is 0 Å². The molecule has 3 heterocycles. The van der Waals surface area contributed by atoms with Crippen molar-refractivity contribution in [2.24, 2.45) is 0 Å². The van der Waals surface area contributed by atoms with Crippen LogP contribution in [0.25, 0.3) is 32.7 Å². The van der Waals surface area contributed by atoms with Crippen molar-refractivity contribution in [2.75, 3.05) is 0 Å². The Hall–Kier alpha value is -2.96. The van der Waals surface area contributed by atoms with E-state index >= 15 is 0 Å². The van der Waals surface area contributed by atoms with Gasteiger partial charge in [-0.25, -0.2) is 19.2 Å². The zero-order chi connectivity index (χ0) is 13.3. The molecule has 0 aliphatic rings. The second kappa shape index (κ2) is 2.89. The molecule has 19 heavy (non-hydrogen) atoms. The zero-order valence-electron chi connectivity index (χ0n) is 9.01. The van der Waals surface area contributed by atoms with Crippen LogP contribution < -0.4 is 22.5 Å². The first-order valence-electron chi connectivity index (χ1n) is 5.20. The van der Waals surface area contributed by atoms with Gasteiger partial charge in [-0.2, -0.15) is 0 Å². The summed E-state index contributed by atoms with van der Waals surface area (Å²) in [6, 6.07) is 2.74. The average Bonchev–Trinajstić information content (AvgIpc) is 2.95. The quantitative estimate of drug-likeness (QED) is 0.444. The molecule has 0 bridgehead atoms. The normalized spacial score (nSPS) is 12.0. The van der Waals surface area contributed by atoms with Gasteiger partial charge in [0.05, 0.1) is 16.2 Å². The maximum absolute atomic E-state index is 11.7. The van der Waals surface area contributed by atoms with Crippen LogP contribution in [0.1, 0.15) is 0 Å². The lowest BCUT2D eigenvalue weighted by Crippen LogP contribution is -1.97. The molecule has 7 heteroatoms. The summed E-state index contributed by atoms with van der Waals surface area (Å²) in [6.45, 7) is 0. The van der Waals surface area contributed by atoms with Gasteiger partial charge in [0.15, 0.2) is 0 Å². The van der Waals surface area contributed by atoms with Gasteiger partial charge in [-0.15, -0.1) is 0 Å². The summed E-state index contributed by atoms with van der Waals surface area (Å²) < 4.78 is 14.1. The van der Waals surface area contributed by atoms with Gasteiger partial charge in [0, 0.05) is 0 Å².